The van der Waals surface area contributed by atoms with Gasteiger partial charge in [0.25, 0.3) is 5.69 Å². The highest BCUT2D eigenvalue weighted by Gasteiger charge is 2.22. The molecule has 0 fully saturated rings. The second-order valence-corrected chi connectivity index (χ2v) is 4.37. The van der Waals surface area contributed by atoms with Gasteiger partial charge in [0, 0.05) is 12.3 Å². The van der Waals surface area contributed by atoms with E-state index in [0.717, 1.165) is 13.3 Å². The Hall–Kier alpha value is -3.29. The van der Waals surface area contributed by atoms with Gasteiger partial charge in [-0.05, 0) is 12.1 Å². The van der Waals surface area contributed by atoms with Crippen LogP contribution in [0.15, 0.2) is 36.5 Å². The first kappa shape index (κ1) is 16.1. The van der Waals surface area contributed by atoms with Crippen LogP contribution in [0.2, 0.25) is 0 Å². The summed E-state index contributed by atoms with van der Waals surface area (Å²) < 4.78 is 9.22. The fourth-order valence-electron chi connectivity index (χ4n) is 2.00. The molecule has 0 aliphatic heterocycles. The predicted molar refractivity (Wildman–Crippen MR) is 79.0 cm³/mol. The van der Waals surface area contributed by atoms with Gasteiger partial charge in [-0.15, -0.1) is 0 Å². The quantitative estimate of drug-likeness (QED) is 0.483. The number of nitro groups is 1. The Balaban J connectivity index is 2.65. The molecule has 0 N–H and O–H groups in total. The summed E-state index contributed by atoms with van der Waals surface area (Å²) in [5.74, 6) is -1.53. The largest absolute Gasteiger partial charge is 0.465 e. The first-order chi connectivity index (χ1) is 11.0. The van der Waals surface area contributed by atoms with Crippen molar-refractivity contribution in [1.29, 1.82) is 0 Å². The van der Waals surface area contributed by atoms with Gasteiger partial charge in [0.1, 0.15) is 0 Å². The zero-order chi connectivity index (χ0) is 17.0. The van der Waals surface area contributed by atoms with E-state index in [9.17, 15) is 19.7 Å². The molecule has 0 bridgehead atoms. The smallest absolute Gasteiger partial charge is 0.340 e. The van der Waals surface area contributed by atoms with Gasteiger partial charge in [-0.1, -0.05) is 12.1 Å². The molecule has 0 saturated carbocycles. The Kier molecular flexibility index (Phi) is 4.65. The topological polar surface area (TPSA) is 109 Å². The minimum absolute atomic E-state index is 0.0810. The molecule has 8 heteroatoms. The molecule has 118 valence electrons. The molecule has 1 aromatic heterocycles. The minimum Gasteiger partial charge on any atom is -0.465 e. The van der Waals surface area contributed by atoms with Crippen LogP contribution < -0.4 is 0 Å². The number of hydrogen-bond acceptors (Lipinski definition) is 7. The Labute approximate surface area is 130 Å². The second-order valence-electron chi connectivity index (χ2n) is 4.37. The van der Waals surface area contributed by atoms with Crippen molar-refractivity contribution in [3.63, 3.8) is 0 Å². The van der Waals surface area contributed by atoms with Crippen LogP contribution in [0.5, 0.6) is 0 Å². The summed E-state index contributed by atoms with van der Waals surface area (Å²) in [5.41, 5.74) is 0.0650. The third kappa shape index (κ3) is 3.15. The van der Waals surface area contributed by atoms with E-state index >= 15 is 0 Å². The number of benzene rings is 1. The van der Waals surface area contributed by atoms with Crippen LogP contribution in [0.4, 0.5) is 5.69 Å². The maximum atomic E-state index is 11.9. The van der Waals surface area contributed by atoms with Gasteiger partial charge in [0.05, 0.1) is 41.5 Å². The van der Waals surface area contributed by atoms with Crippen molar-refractivity contribution in [2.24, 2.45) is 0 Å². The van der Waals surface area contributed by atoms with Crippen LogP contribution in [-0.4, -0.2) is 36.1 Å². The number of pyridine rings is 1. The highest BCUT2D eigenvalue weighted by Crippen LogP contribution is 2.29. The van der Waals surface area contributed by atoms with Crippen molar-refractivity contribution >= 4 is 17.6 Å². The van der Waals surface area contributed by atoms with Crippen LogP contribution >= 0.6 is 0 Å². The lowest BCUT2D eigenvalue weighted by molar-refractivity contribution is -0.384. The molecular formula is C15H12N2O6. The molecule has 2 aromatic rings. The van der Waals surface area contributed by atoms with Gasteiger partial charge in [-0.25, -0.2) is 9.59 Å². The van der Waals surface area contributed by atoms with Gasteiger partial charge in [-0.2, -0.15) is 0 Å². The van der Waals surface area contributed by atoms with E-state index < -0.39 is 16.9 Å². The molecule has 0 atom stereocenters. The lowest BCUT2D eigenvalue weighted by Gasteiger charge is -2.08. The molecule has 0 unspecified atom stereocenters. The van der Waals surface area contributed by atoms with E-state index in [-0.39, 0.29) is 28.1 Å². The number of carbonyl (C=O) groups is 2. The third-order valence-electron chi connectivity index (χ3n) is 3.09. The lowest BCUT2D eigenvalue weighted by atomic mass is 10.0. The number of nitro benzene ring substituents is 1. The average Bonchev–Trinajstić information content (AvgIpc) is 2.59. The Morgan fingerprint density at radius 1 is 1.09 bits per heavy atom. The van der Waals surface area contributed by atoms with Crippen molar-refractivity contribution in [2.75, 3.05) is 14.2 Å². The highest BCUT2D eigenvalue weighted by molar-refractivity contribution is 6.03. The predicted octanol–water partition coefficient (Wildman–Crippen LogP) is 2.23. The molecule has 0 amide bonds. The minimum atomic E-state index is -0.771. The normalized spacial score (nSPS) is 10.0. The van der Waals surface area contributed by atoms with E-state index in [1.54, 1.807) is 6.07 Å². The van der Waals surface area contributed by atoms with Crippen molar-refractivity contribution in [3.8, 4) is 11.3 Å². The number of hydrogen-bond donors (Lipinski definition) is 0. The van der Waals surface area contributed by atoms with Crippen LogP contribution in [-0.2, 0) is 9.47 Å². The molecule has 2 rings (SSSR count). The molecule has 1 aromatic carbocycles. The van der Waals surface area contributed by atoms with Gasteiger partial charge < -0.3 is 9.47 Å². The fourth-order valence-corrected chi connectivity index (χ4v) is 2.00. The van der Waals surface area contributed by atoms with Crippen molar-refractivity contribution in [2.45, 2.75) is 0 Å². The monoisotopic (exact) mass is 316 g/mol. The number of ether oxygens (including phenoxy) is 2. The summed E-state index contributed by atoms with van der Waals surface area (Å²) in [5, 5.41) is 11.1. The number of methoxy groups -OCH3 is 2. The van der Waals surface area contributed by atoms with Crippen molar-refractivity contribution in [3.05, 3.63) is 57.8 Å². The fraction of sp³-hybridized carbons (Fsp3) is 0.133. The Bertz CT molecular complexity index is 787. The average molecular weight is 316 g/mol. The van der Waals surface area contributed by atoms with Crippen LogP contribution in [0.25, 0.3) is 11.3 Å². The van der Waals surface area contributed by atoms with E-state index in [1.807, 2.05) is 0 Å². The molecule has 1 heterocycles. The zero-order valence-corrected chi connectivity index (χ0v) is 12.3. The van der Waals surface area contributed by atoms with Gasteiger partial charge in [-0.3, -0.25) is 15.1 Å². The maximum absolute atomic E-state index is 11.9. The van der Waals surface area contributed by atoms with Gasteiger partial charge in [0.2, 0.25) is 0 Å². The SMILES string of the molecule is COC(=O)c1cnc(-c2ccccc2[N+](=O)[O-])cc1C(=O)OC. The standard InChI is InChI=1S/C15H12N2O6/c1-22-14(18)10-7-12(16-8-11(10)15(19)23-2)9-5-3-4-6-13(9)17(20)21/h3-8H,1-2H3. The molecule has 0 radical (unpaired) electrons. The van der Waals surface area contributed by atoms with E-state index in [2.05, 4.69) is 14.5 Å². The Morgan fingerprint density at radius 2 is 1.70 bits per heavy atom. The van der Waals surface area contributed by atoms with E-state index in [0.29, 0.717) is 0 Å². The molecule has 0 spiro atoms. The number of aromatic nitrogens is 1. The van der Waals surface area contributed by atoms with Crippen LogP contribution in [0, 0.1) is 10.1 Å². The number of rotatable bonds is 4. The molecule has 0 saturated heterocycles. The molecule has 0 aliphatic rings. The number of esters is 2. The molecule has 0 aliphatic carbocycles. The first-order valence-corrected chi connectivity index (χ1v) is 6.40. The van der Waals surface area contributed by atoms with E-state index in [4.69, 9.17) is 0 Å². The molecular weight excluding hydrogens is 304 g/mol. The van der Waals surface area contributed by atoms with Crippen LogP contribution in [0.1, 0.15) is 20.7 Å². The summed E-state index contributed by atoms with van der Waals surface area (Å²) in [6, 6.07) is 7.21. The summed E-state index contributed by atoms with van der Waals surface area (Å²) in [4.78, 5) is 38.1. The number of carbonyl (C=O) groups excluding carboxylic acids is 2. The second kappa shape index (κ2) is 6.65. The van der Waals surface area contributed by atoms with Gasteiger partial charge >= 0.3 is 11.9 Å². The first-order valence-electron chi connectivity index (χ1n) is 6.40. The number of nitrogens with zero attached hydrogens (tertiary/aromatic N) is 2. The highest BCUT2D eigenvalue weighted by atomic mass is 16.6. The van der Waals surface area contributed by atoms with Crippen molar-refractivity contribution in [1.82, 2.24) is 4.98 Å². The molecule has 8 nitrogen and oxygen atoms in total. The Morgan fingerprint density at radius 3 is 2.30 bits per heavy atom. The summed E-state index contributed by atoms with van der Waals surface area (Å²) in [6.45, 7) is 0. The summed E-state index contributed by atoms with van der Waals surface area (Å²) in [6.07, 6.45) is 1.13. The van der Waals surface area contributed by atoms with Gasteiger partial charge in [0.15, 0.2) is 0 Å². The molecule has 23 heavy (non-hydrogen) atoms. The van der Waals surface area contributed by atoms with Crippen LogP contribution in [0.3, 0.4) is 0 Å². The zero-order valence-electron chi connectivity index (χ0n) is 12.3. The lowest BCUT2D eigenvalue weighted by Crippen LogP contribution is -2.13. The summed E-state index contributed by atoms with van der Waals surface area (Å²) >= 11 is 0. The number of para-hydroxylation sites is 1. The summed E-state index contributed by atoms with van der Waals surface area (Å²) in [7, 11) is 2.33. The third-order valence-corrected chi connectivity index (χ3v) is 3.09. The van der Waals surface area contributed by atoms with Crippen molar-refractivity contribution < 1.29 is 24.0 Å². The maximum Gasteiger partial charge on any atom is 0.340 e. The van der Waals surface area contributed by atoms with E-state index in [1.165, 1.54) is 31.4 Å².